The number of hydrogen-bond acceptors (Lipinski definition) is 5. The predicted molar refractivity (Wildman–Crippen MR) is 121 cm³/mol. The lowest BCUT2D eigenvalue weighted by Crippen LogP contribution is -2.53. The van der Waals surface area contributed by atoms with Gasteiger partial charge in [0.1, 0.15) is 11.6 Å². The van der Waals surface area contributed by atoms with Crippen molar-refractivity contribution < 1.29 is 17.6 Å². The Morgan fingerprint density at radius 2 is 1.81 bits per heavy atom. The van der Waals surface area contributed by atoms with Crippen molar-refractivity contribution in [3.8, 4) is 0 Å². The number of nitrogens with zero attached hydrogens (tertiary/aromatic N) is 3. The first kappa shape index (κ1) is 21.6. The highest BCUT2D eigenvalue weighted by molar-refractivity contribution is 7.90. The summed E-state index contributed by atoms with van der Waals surface area (Å²) in [4.78, 5) is 22.0. The van der Waals surface area contributed by atoms with E-state index in [0.29, 0.717) is 5.69 Å². The molecule has 1 aromatic carbocycles. The van der Waals surface area contributed by atoms with Crippen molar-refractivity contribution in [3.63, 3.8) is 0 Å². The van der Waals surface area contributed by atoms with E-state index in [-0.39, 0.29) is 39.9 Å². The molecule has 1 saturated carbocycles. The number of amides is 1. The fourth-order valence-corrected chi connectivity index (χ4v) is 5.89. The van der Waals surface area contributed by atoms with E-state index in [1.165, 1.54) is 18.5 Å². The van der Waals surface area contributed by atoms with Crippen molar-refractivity contribution >= 4 is 38.9 Å². The number of pyridine rings is 1. The lowest BCUT2D eigenvalue weighted by atomic mass is 9.94. The number of rotatable bonds is 5. The lowest BCUT2D eigenvalue weighted by molar-refractivity contribution is -0.120. The van der Waals surface area contributed by atoms with Gasteiger partial charge in [0.05, 0.1) is 9.92 Å². The minimum Gasteiger partial charge on any atom is -0.350 e. The third-order valence-corrected chi connectivity index (χ3v) is 8.22. The molecule has 2 aromatic rings. The number of carbonyl (C=O) groups excluding carboxylic acids is 1. The van der Waals surface area contributed by atoms with Crippen molar-refractivity contribution in [3.05, 3.63) is 47.4 Å². The van der Waals surface area contributed by atoms with Crippen molar-refractivity contribution in [1.82, 2.24) is 4.98 Å². The predicted octanol–water partition coefficient (Wildman–Crippen LogP) is 4.22. The zero-order chi connectivity index (χ0) is 22.6. The molecule has 3 aliphatic rings. The van der Waals surface area contributed by atoms with E-state index < -0.39 is 15.7 Å². The van der Waals surface area contributed by atoms with E-state index >= 15 is 0 Å². The fraction of sp³-hybridized carbons (Fsp3) is 0.478. The highest BCUT2D eigenvalue weighted by Gasteiger charge is 2.46. The molecule has 0 spiro atoms. The molecule has 1 aromatic heterocycles. The molecular formula is C23H25ClFN3O3S. The topological polar surface area (TPSA) is 70.6 Å². The van der Waals surface area contributed by atoms with Crippen LogP contribution in [0.15, 0.2) is 41.4 Å². The molecule has 9 heteroatoms. The molecule has 6 nitrogen and oxygen atoms in total. The van der Waals surface area contributed by atoms with Crippen LogP contribution in [0.25, 0.3) is 0 Å². The fourth-order valence-electron chi connectivity index (χ4n) is 5.16. The Labute approximate surface area is 192 Å². The van der Waals surface area contributed by atoms with E-state index in [4.69, 9.17) is 11.6 Å². The standard InChI is InChI=1S/C23H25ClFN3O3S/c1-32(30,31)19-7-9-22(26-13-19)27-15-4-5-16(27)11-18(10-15)28(23(29)14-2-3-14)17-6-8-21(25)20(24)12-17/h6-9,12-16,18H,2-5,10-11H2,1H3. The van der Waals surface area contributed by atoms with Gasteiger partial charge < -0.3 is 9.80 Å². The summed E-state index contributed by atoms with van der Waals surface area (Å²) < 4.78 is 37.3. The largest absolute Gasteiger partial charge is 0.350 e. The molecule has 2 bridgehead atoms. The highest BCUT2D eigenvalue weighted by Crippen LogP contribution is 2.43. The number of anilines is 2. The lowest BCUT2D eigenvalue weighted by Gasteiger charge is -2.44. The second kappa shape index (κ2) is 7.99. The number of benzene rings is 1. The quantitative estimate of drug-likeness (QED) is 0.644. The monoisotopic (exact) mass is 477 g/mol. The van der Waals surface area contributed by atoms with Gasteiger partial charge in [0.25, 0.3) is 0 Å². The molecule has 32 heavy (non-hydrogen) atoms. The third kappa shape index (κ3) is 3.99. The molecule has 1 aliphatic carbocycles. The number of hydrogen-bond donors (Lipinski definition) is 0. The molecule has 2 aliphatic heterocycles. The zero-order valence-electron chi connectivity index (χ0n) is 17.7. The highest BCUT2D eigenvalue weighted by atomic mass is 35.5. The summed E-state index contributed by atoms with van der Waals surface area (Å²) in [5, 5.41) is 0.0201. The van der Waals surface area contributed by atoms with E-state index in [9.17, 15) is 17.6 Å². The smallest absolute Gasteiger partial charge is 0.230 e. The molecule has 0 N–H and O–H groups in total. The van der Waals surface area contributed by atoms with Crippen molar-refractivity contribution in [2.45, 2.75) is 61.5 Å². The summed E-state index contributed by atoms with van der Waals surface area (Å²) in [5.74, 6) is 0.418. The molecule has 170 valence electrons. The van der Waals surface area contributed by atoms with Gasteiger partial charge in [-0.05, 0) is 68.9 Å². The van der Waals surface area contributed by atoms with E-state index in [1.54, 1.807) is 24.3 Å². The van der Waals surface area contributed by atoms with Crippen LogP contribution in [0.4, 0.5) is 15.9 Å². The van der Waals surface area contributed by atoms with Crippen LogP contribution in [0.2, 0.25) is 5.02 Å². The molecule has 2 saturated heterocycles. The Morgan fingerprint density at radius 3 is 2.34 bits per heavy atom. The molecule has 2 atom stereocenters. The molecule has 5 rings (SSSR count). The maximum Gasteiger partial charge on any atom is 0.230 e. The van der Waals surface area contributed by atoms with Gasteiger partial charge in [-0.25, -0.2) is 17.8 Å². The third-order valence-electron chi connectivity index (χ3n) is 6.83. The van der Waals surface area contributed by atoms with E-state index in [0.717, 1.165) is 44.3 Å². The molecule has 1 amide bonds. The molecule has 3 fully saturated rings. The first-order valence-corrected chi connectivity index (χ1v) is 13.2. The van der Waals surface area contributed by atoms with Crippen LogP contribution >= 0.6 is 11.6 Å². The number of carbonyl (C=O) groups is 1. The summed E-state index contributed by atoms with van der Waals surface area (Å²) in [6.45, 7) is 0. The summed E-state index contributed by atoms with van der Waals surface area (Å²) in [7, 11) is -3.29. The number of sulfone groups is 1. The number of aromatic nitrogens is 1. The van der Waals surface area contributed by atoms with Gasteiger partial charge in [0.2, 0.25) is 5.91 Å². The van der Waals surface area contributed by atoms with Gasteiger partial charge >= 0.3 is 0 Å². The van der Waals surface area contributed by atoms with Crippen molar-refractivity contribution in [2.24, 2.45) is 5.92 Å². The van der Waals surface area contributed by atoms with Crippen LogP contribution in [0.1, 0.15) is 38.5 Å². The molecule has 0 radical (unpaired) electrons. The SMILES string of the molecule is CS(=O)(=O)c1ccc(N2C3CCC2CC(N(C(=O)C2CC2)c2ccc(F)c(Cl)c2)C3)nc1. The summed E-state index contributed by atoms with van der Waals surface area (Å²) >= 11 is 6.04. The first-order valence-electron chi connectivity index (χ1n) is 10.9. The maximum atomic E-state index is 13.8. The Hall–Kier alpha value is -2.19. The van der Waals surface area contributed by atoms with Gasteiger partial charge in [-0.15, -0.1) is 0 Å². The summed E-state index contributed by atoms with van der Waals surface area (Å²) in [5.41, 5.74) is 0.654. The normalized spacial score (nSPS) is 25.1. The van der Waals surface area contributed by atoms with Crippen LogP contribution in [-0.2, 0) is 14.6 Å². The van der Waals surface area contributed by atoms with Crippen molar-refractivity contribution in [2.75, 3.05) is 16.1 Å². The minimum atomic E-state index is -3.29. The van der Waals surface area contributed by atoms with E-state index in [1.807, 2.05) is 4.90 Å². The second-order valence-electron chi connectivity index (χ2n) is 9.12. The Kier molecular flexibility index (Phi) is 5.40. The molecule has 2 unspecified atom stereocenters. The minimum absolute atomic E-state index is 0.00803. The van der Waals surface area contributed by atoms with Crippen LogP contribution in [-0.4, -0.2) is 43.7 Å². The van der Waals surface area contributed by atoms with Gasteiger partial charge in [-0.2, -0.15) is 0 Å². The van der Waals surface area contributed by atoms with Crippen LogP contribution in [0, 0.1) is 11.7 Å². The van der Waals surface area contributed by atoms with E-state index in [2.05, 4.69) is 9.88 Å². The Morgan fingerprint density at radius 1 is 1.12 bits per heavy atom. The van der Waals surface area contributed by atoms with Gasteiger partial charge in [0.15, 0.2) is 9.84 Å². The number of fused-ring (bicyclic) bond motifs is 2. The van der Waals surface area contributed by atoms with Gasteiger partial charge in [0, 0.05) is 42.2 Å². The zero-order valence-corrected chi connectivity index (χ0v) is 19.3. The van der Waals surface area contributed by atoms with Crippen LogP contribution in [0.5, 0.6) is 0 Å². The van der Waals surface area contributed by atoms with Crippen LogP contribution < -0.4 is 9.80 Å². The van der Waals surface area contributed by atoms with Gasteiger partial charge in [-0.1, -0.05) is 11.6 Å². The maximum absolute atomic E-state index is 13.8. The average Bonchev–Trinajstić information content (AvgIpc) is 3.56. The first-order chi connectivity index (χ1) is 15.2. The molecular weight excluding hydrogens is 453 g/mol. The van der Waals surface area contributed by atoms with Crippen LogP contribution in [0.3, 0.4) is 0 Å². The van der Waals surface area contributed by atoms with Crippen molar-refractivity contribution in [1.29, 1.82) is 0 Å². The second-order valence-corrected chi connectivity index (χ2v) is 11.5. The average molecular weight is 478 g/mol. The Balaban J connectivity index is 1.41. The summed E-state index contributed by atoms with van der Waals surface area (Å²) in [6.07, 6.45) is 7.92. The molecule has 3 heterocycles. The Bertz CT molecular complexity index is 1140. The number of halogens is 2. The van der Waals surface area contributed by atoms with Gasteiger partial charge in [-0.3, -0.25) is 4.79 Å². The summed E-state index contributed by atoms with van der Waals surface area (Å²) in [6, 6.07) is 8.32. The number of piperidine rings is 1.